The van der Waals surface area contributed by atoms with Crippen LogP contribution in [-0.2, 0) is 4.79 Å². The third kappa shape index (κ3) is 3.83. The number of nitro benzene ring substituents is 1. The number of nitrogens with zero attached hydrogens (tertiary/aromatic N) is 1. The Bertz CT molecular complexity index is 948. The van der Waals surface area contributed by atoms with E-state index in [-0.39, 0.29) is 24.4 Å². The number of carbonyl (C=O) groups excluding carboxylic acids is 1. The highest BCUT2D eigenvalue weighted by Crippen LogP contribution is 2.41. The zero-order chi connectivity index (χ0) is 19.7. The molecule has 1 unspecified atom stereocenters. The maximum Gasteiger partial charge on any atom is 0.280 e. The molecule has 0 aromatic heterocycles. The van der Waals surface area contributed by atoms with Crippen molar-refractivity contribution in [1.29, 1.82) is 0 Å². The number of hydrogen-bond donors (Lipinski definition) is 1. The van der Waals surface area contributed by atoms with Crippen LogP contribution in [0.15, 0.2) is 42.5 Å². The second kappa shape index (κ2) is 7.34. The van der Waals surface area contributed by atoms with Crippen LogP contribution in [0.2, 0.25) is 0 Å². The predicted octanol–water partition coefficient (Wildman–Crippen LogP) is 3.91. The van der Waals surface area contributed by atoms with E-state index in [1.807, 2.05) is 31.2 Å². The number of nitrogens with one attached hydrogen (secondary N) is 1. The molecular formula is C21H20N2O5. The van der Waals surface area contributed by atoms with Crippen LogP contribution in [0.3, 0.4) is 0 Å². The summed E-state index contributed by atoms with van der Waals surface area (Å²) in [5, 5.41) is 14.4. The number of ether oxygens (including phenoxy) is 2. The lowest BCUT2D eigenvalue weighted by Gasteiger charge is -2.18. The number of aryl methyl sites for hydroxylation is 1. The number of nitro groups is 1. The number of fused-ring (bicyclic) bond motifs is 1. The largest absolute Gasteiger partial charge is 0.454 e. The van der Waals surface area contributed by atoms with Crippen molar-refractivity contribution in [2.75, 3.05) is 6.79 Å². The van der Waals surface area contributed by atoms with Gasteiger partial charge >= 0.3 is 0 Å². The molecule has 1 N–H and O–H groups in total. The first-order valence-corrected chi connectivity index (χ1v) is 9.14. The monoisotopic (exact) mass is 380 g/mol. The Morgan fingerprint density at radius 1 is 1.21 bits per heavy atom. The van der Waals surface area contributed by atoms with E-state index >= 15 is 0 Å². The molecule has 2 aromatic rings. The SMILES string of the molecule is Cc1ccc(C(NC(=O)C=Cc2cc3c(cc2[N+](=O)[O-])OCO3)C2CC2)cc1. The molecule has 1 saturated carbocycles. The van der Waals surface area contributed by atoms with Crippen LogP contribution in [0.1, 0.15) is 35.6 Å². The van der Waals surface area contributed by atoms with E-state index in [1.165, 1.54) is 29.8 Å². The molecule has 0 radical (unpaired) electrons. The van der Waals surface area contributed by atoms with Crippen molar-refractivity contribution in [3.63, 3.8) is 0 Å². The van der Waals surface area contributed by atoms with Crippen LogP contribution in [0.5, 0.6) is 11.5 Å². The van der Waals surface area contributed by atoms with Crippen molar-refractivity contribution in [2.24, 2.45) is 5.92 Å². The molecule has 7 nitrogen and oxygen atoms in total. The second-order valence-corrected chi connectivity index (χ2v) is 7.09. The van der Waals surface area contributed by atoms with E-state index in [0.717, 1.165) is 18.4 Å². The lowest BCUT2D eigenvalue weighted by atomic mass is 10.0. The Kier molecular flexibility index (Phi) is 4.73. The molecule has 0 spiro atoms. The Hall–Kier alpha value is -3.35. The molecule has 0 bridgehead atoms. The van der Waals surface area contributed by atoms with Gasteiger partial charge in [0.15, 0.2) is 11.5 Å². The first-order chi connectivity index (χ1) is 13.5. The normalized spacial score (nSPS) is 16.2. The summed E-state index contributed by atoms with van der Waals surface area (Å²) in [6.07, 6.45) is 4.93. The lowest BCUT2D eigenvalue weighted by molar-refractivity contribution is -0.385. The van der Waals surface area contributed by atoms with Crippen molar-refractivity contribution >= 4 is 17.7 Å². The molecule has 4 rings (SSSR count). The number of amides is 1. The average molecular weight is 380 g/mol. The molecule has 1 heterocycles. The summed E-state index contributed by atoms with van der Waals surface area (Å²) in [5.74, 6) is 0.909. The fourth-order valence-electron chi connectivity index (χ4n) is 3.28. The molecule has 1 aliphatic heterocycles. The molecule has 7 heteroatoms. The van der Waals surface area contributed by atoms with Gasteiger partial charge in [-0.25, -0.2) is 0 Å². The van der Waals surface area contributed by atoms with E-state index in [9.17, 15) is 14.9 Å². The van der Waals surface area contributed by atoms with Crippen LogP contribution in [0.25, 0.3) is 6.08 Å². The van der Waals surface area contributed by atoms with Crippen LogP contribution < -0.4 is 14.8 Å². The average Bonchev–Trinajstić information content (AvgIpc) is 3.41. The quantitative estimate of drug-likeness (QED) is 0.466. The van der Waals surface area contributed by atoms with Crippen molar-refractivity contribution in [1.82, 2.24) is 5.32 Å². The Morgan fingerprint density at radius 3 is 2.54 bits per heavy atom. The summed E-state index contributed by atoms with van der Waals surface area (Å²) in [5.41, 5.74) is 2.40. The van der Waals surface area contributed by atoms with E-state index in [1.54, 1.807) is 0 Å². The zero-order valence-electron chi connectivity index (χ0n) is 15.4. The number of rotatable bonds is 6. The van der Waals surface area contributed by atoms with Gasteiger partial charge in [0.25, 0.3) is 5.69 Å². The summed E-state index contributed by atoms with van der Waals surface area (Å²) in [4.78, 5) is 23.3. The third-order valence-corrected chi connectivity index (χ3v) is 4.96. The molecule has 2 aromatic carbocycles. The minimum atomic E-state index is -0.501. The van der Waals surface area contributed by atoms with Gasteiger partial charge in [0.1, 0.15) is 0 Å². The van der Waals surface area contributed by atoms with Crippen molar-refractivity contribution in [2.45, 2.75) is 25.8 Å². The van der Waals surface area contributed by atoms with E-state index in [4.69, 9.17) is 9.47 Å². The van der Waals surface area contributed by atoms with Gasteiger partial charge in [0.05, 0.1) is 22.6 Å². The predicted molar refractivity (Wildman–Crippen MR) is 103 cm³/mol. The topological polar surface area (TPSA) is 90.7 Å². The molecule has 2 aliphatic rings. The summed E-state index contributed by atoms with van der Waals surface area (Å²) in [6.45, 7) is 2.05. The van der Waals surface area contributed by atoms with Gasteiger partial charge in [-0.15, -0.1) is 0 Å². The maximum atomic E-state index is 12.5. The van der Waals surface area contributed by atoms with Crippen LogP contribution >= 0.6 is 0 Å². The van der Waals surface area contributed by atoms with Crippen LogP contribution in [-0.4, -0.2) is 17.6 Å². The van der Waals surface area contributed by atoms with Gasteiger partial charge in [-0.1, -0.05) is 29.8 Å². The molecule has 1 atom stereocenters. The molecule has 1 aliphatic carbocycles. The third-order valence-electron chi connectivity index (χ3n) is 4.96. The van der Waals surface area contributed by atoms with Crippen LogP contribution in [0, 0.1) is 23.0 Å². The Labute approximate surface area is 162 Å². The fourth-order valence-corrected chi connectivity index (χ4v) is 3.28. The first kappa shape index (κ1) is 18.0. The van der Waals surface area contributed by atoms with E-state index in [2.05, 4.69) is 5.32 Å². The molecule has 1 amide bonds. The fraction of sp³-hybridized carbons (Fsp3) is 0.286. The van der Waals surface area contributed by atoms with Crippen molar-refractivity contribution in [3.8, 4) is 11.5 Å². The Balaban J connectivity index is 1.52. The minimum absolute atomic E-state index is 0.0275. The minimum Gasteiger partial charge on any atom is -0.454 e. The summed E-state index contributed by atoms with van der Waals surface area (Å²) in [6, 6.07) is 10.9. The van der Waals surface area contributed by atoms with Crippen molar-refractivity contribution in [3.05, 3.63) is 69.3 Å². The molecule has 1 fully saturated rings. The summed E-state index contributed by atoms with van der Waals surface area (Å²) >= 11 is 0. The smallest absolute Gasteiger partial charge is 0.280 e. The number of carbonyl (C=O) groups is 1. The number of benzene rings is 2. The molecule has 28 heavy (non-hydrogen) atoms. The highest BCUT2D eigenvalue weighted by molar-refractivity contribution is 5.92. The molecule has 144 valence electrons. The van der Waals surface area contributed by atoms with E-state index in [0.29, 0.717) is 23.0 Å². The highest BCUT2D eigenvalue weighted by atomic mass is 16.7. The van der Waals surface area contributed by atoms with E-state index < -0.39 is 4.92 Å². The summed E-state index contributed by atoms with van der Waals surface area (Å²) in [7, 11) is 0. The standard InChI is InChI=1S/C21H20N2O5/c1-13-2-4-14(5-3-13)21(15-6-7-15)22-20(24)9-8-16-10-18-19(28-12-27-18)11-17(16)23(25)26/h2-5,8-11,15,21H,6-7,12H2,1H3,(H,22,24). The van der Waals surface area contributed by atoms with Gasteiger partial charge in [0.2, 0.25) is 12.7 Å². The zero-order valence-corrected chi connectivity index (χ0v) is 15.4. The van der Waals surface area contributed by atoms with Gasteiger partial charge in [-0.05, 0) is 43.4 Å². The second-order valence-electron chi connectivity index (χ2n) is 7.09. The van der Waals surface area contributed by atoms with Gasteiger partial charge in [-0.3, -0.25) is 14.9 Å². The lowest BCUT2D eigenvalue weighted by Crippen LogP contribution is -2.28. The van der Waals surface area contributed by atoms with Crippen molar-refractivity contribution < 1.29 is 19.2 Å². The van der Waals surface area contributed by atoms with Gasteiger partial charge < -0.3 is 14.8 Å². The summed E-state index contributed by atoms with van der Waals surface area (Å²) < 4.78 is 10.5. The van der Waals surface area contributed by atoms with Gasteiger partial charge in [-0.2, -0.15) is 0 Å². The maximum absolute atomic E-state index is 12.5. The van der Waals surface area contributed by atoms with Crippen LogP contribution in [0.4, 0.5) is 5.69 Å². The Morgan fingerprint density at radius 2 is 1.89 bits per heavy atom. The highest BCUT2D eigenvalue weighted by Gasteiger charge is 2.33. The number of hydrogen-bond acceptors (Lipinski definition) is 5. The molecule has 0 saturated heterocycles. The van der Waals surface area contributed by atoms with Gasteiger partial charge in [0, 0.05) is 6.08 Å². The first-order valence-electron chi connectivity index (χ1n) is 9.14. The molecular weight excluding hydrogens is 360 g/mol.